The van der Waals surface area contributed by atoms with E-state index in [1.807, 2.05) is 13.8 Å². The van der Waals surface area contributed by atoms with E-state index in [0.717, 1.165) is 17.7 Å². The second-order valence-corrected chi connectivity index (χ2v) is 7.62. The molecule has 0 aromatic heterocycles. The number of halogens is 3. The van der Waals surface area contributed by atoms with Crippen molar-refractivity contribution in [2.24, 2.45) is 0 Å². The quantitative estimate of drug-likeness (QED) is 0.814. The smallest absolute Gasteiger partial charge is 0.416 e. The maximum atomic E-state index is 13.0. The van der Waals surface area contributed by atoms with Crippen molar-refractivity contribution in [1.29, 1.82) is 0 Å². The van der Waals surface area contributed by atoms with Gasteiger partial charge in [-0.1, -0.05) is 24.3 Å². The predicted molar refractivity (Wildman–Crippen MR) is 98.0 cm³/mol. The van der Waals surface area contributed by atoms with Crippen LogP contribution in [-0.2, 0) is 17.5 Å². The van der Waals surface area contributed by atoms with Crippen LogP contribution < -0.4 is 0 Å². The van der Waals surface area contributed by atoms with Gasteiger partial charge in [-0.2, -0.15) is 13.2 Å². The van der Waals surface area contributed by atoms with E-state index < -0.39 is 23.8 Å². The minimum absolute atomic E-state index is 0.215. The van der Waals surface area contributed by atoms with E-state index in [9.17, 15) is 18.0 Å². The number of alkyl halides is 3. The summed E-state index contributed by atoms with van der Waals surface area (Å²) in [4.78, 5) is 13.1. The first-order valence-electron chi connectivity index (χ1n) is 8.92. The summed E-state index contributed by atoms with van der Waals surface area (Å²) in [7, 11) is 0. The van der Waals surface area contributed by atoms with Gasteiger partial charge in [0.2, 0.25) is 0 Å². The van der Waals surface area contributed by atoms with Gasteiger partial charge in [-0.05, 0) is 49.2 Å². The van der Waals surface area contributed by atoms with Gasteiger partial charge in [0.1, 0.15) is 0 Å². The van der Waals surface area contributed by atoms with Gasteiger partial charge in [-0.3, -0.25) is 4.90 Å². The van der Waals surface area contributed by atoms with Gasteiger partial charge in [0.25, 0.3) is 0 Å². The van der Waals surface area contributed by atoms with Crippen LogP contribution in [0.1, 0.15) is 47.0 Å². The number of carboxylic acids is 1. The molecule has 2 aromatic carbocycles. The molecule has 3 rings (SSSR count). The van der Waals surface area contributed by atoms with Crippen LogP contribution in [0.3, 0.4) is 0 Å². The minimum atomic E-state index is -4.39. The molecular formula is C21H22F3NO3. The number of nitrogens with zero attached hydrogens (tertiary/aromatic N) is 1. The maximum Gasteiger partial charge on any atom is 0.416 e. The average Bonchev–Trinajstić information content (AvgIpc) is 2.63. The summed E-state index contributed by atoms with van der Waals surface area (Å²) in [6.07, 6.45) is -4.86. The first-order chi connectivity index (χ1) is 13.1. The summed E-state index contributed by atoms with van der Waals surface area (Å²) in [6.45, 7) is 5.39. The molecule has 1 unspecified atom stereocenters. The second kappa shape index (κ2) is 7.56. The molecule has 0 saturated carbocycles. The fourth-order valence-electron chi connectivity index (χ4n) is 3.26. The highest BCUT2D eigenvalue weighted by molar-refractivity contribution is 5.87. The van der Waals surface area contributed by atoms with Crippen LogP contribution in [0.4, 0.5) is 13.2 Å². The zero-order valence-corrected chi connectivity index (χ0v) is 15.7. The van der Waals surface area contributed by atoms with Crippen LogP contribution in [0.5, 0.6) is 0 Å². The lowest BCUT2D eigenvalue weighted by molar-refractivity contribution is -0.138. The lowest BCUT2D eigenvalue weighted by atomic mass is 9.96. The monoisotopic (exact) mass is 393 g/mol. The summed E-state index contributed by atoms with van der Waals surface area (Å²) >= 11 is 0. The summed E-state index contributed by atoms with van der Waals surface area (Å²) < 4.78 is 44.9. The molecule has 0 spiro atoms. The van der Waals surface area contributed by atoms with E-state index in [-0.39, 0.29) is 11.1 Å². The lowest BCUT2D eigenvalue weighted by Crippen LogP contribution is -2.53. The first kappa shape index (κ1) is 20.4. The van der Waals surface area contributed by atoms with Crippen molar-refractivity contribution in [2.75, 3.05) is 13.2 Å². The maximum absolute atomic E-state index is 13.0. The van der Waals surface area contributed by atoms with Crippen LogP contribution in [0.25, 0.3) is 0 Å². The van der Waals surface area contributed by atoms with Gasteiger partial charge in [0.15, 0.2) is 0 Å². The molecule has 1 fully saturated rings. The zero-order valence-electron chi connectivity index (χ0n) is 15.7. The third-order valence-corrected chi connectivity index (χ3v) is 5.04. The third kappa shape index (κ3) is 4.54. The van der Waals surface area contributed by atoms with Gasteiger partial charge in [0.05, 0.1) is 23.8 Å². The van der Waals surface area contributed by atoms with Crippen molar-refractivity contribution in [1.82, 2.24) is 4.90 Å². The van der Waals surface area contributed by atoms with E-state index in [1.54, 1.807) is 30.3 Å². The Morgan fingerprint density at radius 3 is 2.50 bits per heavy atom. The van der Waals surface area contributed by atoms with Crippen molar-refractivity contribution in [3.63, 3.8) is 0 Å². The van der Waals surface area contributed by atoms with Crippen LogP contribution in [0.15, 0.2) is 48.5 Å². The van der Waals surface area contributed by atoms with Gasteiger partial charge < -0.3 is 9.84 Å². The highest BCUT2D eigenvalue weighted by Gasteiger charge is 2.37. The molecule has 28 heavy (non-hydrogen) atoms. The van der Waals surface area contributed by atoms with Gasteiger partial charge in [0, 0.05) is 18.6 Å². The highest BCUT2D eigenvalue weighted by atomic mass is 19.4. The molecule has 0 radical (unpaired) electrons. The molecule has 0 bridgehead atoms. The Bertz CT molecular complexity index is 847. The van der Waals surface area contributed by atoms with Gasteiger partial charge in [-0.15, -0.1) is 0 Å². The molecule has 1 aliphatic rings. The summed E-state index contributed by atoms with van der Waals surface area (Å²) in [5, 5.41) is 9.01. The number of rotatable bonds is 4. The summed E-state index contributed by atoms with van der Waals surface area (Å²) in [5.41, 5.74) is 0.657. The Kier molecular flexibility index (Phi) is 5.50. The Balaban J connectivity index is 1.79. The molecule has 2 aromatic rings. The van der Waals surface area contributed by atoms with E-state index in [0.29, 0.717) is 25.3 Å². The topological polar surface area (TPSA) is 49.8 Å². The number of carboxylic acid groups (broad SMARTS) is 1. The van der Waals surface area contributed by atoms with E-state index in [4.69, 9.17) is 9.84 Å². The van der Waals surface area contributed by atoms with Crippen molar-refractivity contribution < 1.29 is 27.8 Å². The fraction of sp³-hybridized carbons (Fsp3) is 0.381. The van der Waals surface area contributed by atoms with Crippen LogP contribution in [0.2, 0.25) is 0 Å². The van der Waals surface area contributed by atoms with Crippen LogP contribution in [-0.4, -0.2) is 34.7 Å². The molecule has 0 aliphatic carbocycles. The number of carbonyl (C=O) groups is 1. The summed E-state index contributed by atoms with van der Waals surface area (Å²) in [5.74, 6) is -0.983. The number of hydrogen-bond donors (Lipinski definition) is 1. The molecular weight excluding hydrogens is 371 g/mol. The number of ether oxygens (including phenoxy) is 1. The number of benzene rings is 2. The molecule has 4 nitrogen and oxygen atoms in total. The lowest BCUT2D eigenvalue weighted by Gasteiger charge is -2.45. The average molecular weight is 393 g/mol. The minimum Gasteiger partial charge on any atom is -0.478 e. The number of aromatic carboxylic acids is 1. The first-order valence-corrected chi connectivity index (χ1v) is 8.92. The third-order valence-electron chi connectivity index (χ3n) is 5.04. The largest absolute Gasteiger partial charge is 0.478 e. The van der Waals surface area contributed by atoms with Gasteiger partial charge in [-0.25, -0.2) is 4.79 Å². The standard InChI is InChI=1S/C21H22F3NO3/c1-20(2)13-28-18(16-4-3-5-17(10-16)21(22,23)24)12-25(20)11-14-6-8-15(9-7-14)19(26)27/h3-10,18H,11-13H2,1-2H3,(H,26,27). The highest BCUT2D eigenvalue weighted by Crippen LogP contribution is 2.35. The van der Waals surface area contributed by atoms with Crippen LogP contribution >= 0.6 is 0 Å². The van der Waals surface area contributed by atoms with E-state index in [1.165, 1.54) is 6.07 Å². The Morgan fingerprint density at radius 1 is 1.21 bits per heavy atom. The molecule has 1 aliphatic heterocycles. The molecule has 0 amide bonds. The van der Waals surface area contributed by atoms with Crippen molar-refractivity contribution >= 4 is 5.97 Å². The van der Waals surface area contributed by atoms with Crippen molar-refractivity contribution in [3.05, 3.63) is 70.8 Å². The number of hydrogen-bond acceptors (Lipinski definition) is 3. The second-order valence-electron chi connectivity index (χ2n) is 7.62. The Labute approximate surface area is 161 Å². The predicted octanol–water partition coefficient (Wildman–Crippen LogP) is 4.76. The molecule has 1 N–H and O–H groups in total. The van der Waals surface area contributed by atoms with Crippen molar-refractivity contribution in [2.45, 2.75) is 38.2 Å². The van der Waals surface area contributed by atoms with Gasteiger partial charge >= 0.3 is 12.1 Å². The van der Waals surface area contributed by atoms with Crippen LogP contribution in [0, 0.1) is 0 Å². The Morgan fingerprint density at radius 2 is 1.89 bits per heavy atom. The molecule has 1 atom stereocenters. The SMILES string of the molecule is CC1(C)COC(c2cccc(C(F)(F)F)c2)CN1Cc1ccc(C(=O)O)cc1. The fourth-order valence-corrected chi connectivity index (χ4v) is 3.26. The molecule has 7 heteroatoms. The molecule has 150 valence electrons. The van der Waals surface area contributed by atoms with E-state index in [2.05, 4.69) is 4.90 Å². The molecule has 1 saturated heterocycles. The Hall–Kier alpha value is -2.38. The van der Waals surface area contributed by atoms with Crippen molar-refractivity contribution in [3.8, 4) is 0 Å². The summed E-state index contributed by atoms with van der Waals surface area (Å²) in [6, 6.07) is 11.9. The molecule has 1 heterocycles. The normalized spacial score (nSPS) is 20.1. The van der Waals surface area contributed by atoms with E-state index >= 15 is 0 Å². The zero-order chi connectivity index (χ0) is 20.5. The number of morpholine rings is 1.